The van der Waals surface area contributed by atoms with Crippen LogP contribution in [-0.2, 0) is 32.7 Å². The maximum atomic E-state index is 12.9. The van der Waals surface area contributed by atoms with Crippen molar-refractivity contribution in [1.82, 2.24) is 0 Å². The van der Waals surface area contributed by atoms with Crippen molar-refractivity contribution < 1.29 is 42.1 Å². The van der Waals surface area contributed by atoms with Crippen molar-refractivity contribution in [2.45, 2.75) is 277 Å². The van der Waals surface area contributed by atoms with Gasteiger partial charge in [-0.05, 0) is 116 Å². The summed E-state index contributed by atoms with van der Waals surface area (Å²) in [6.45, 7) is 3.99. The Bertz CT molecular complexity index is 1960. The first-order valence-electron chi connectivity index (χ1n) is 34.5. The summed E-state index contributed by atoms with van der Waals surface area (Å²) >= 11 is 0. The molecular formula is C76H128NO8P. The third-order valence-electron chi connectivity index (χ3n) is 14.4. The van der Waals surface area contributed by atoms with Crippen LogP contribution in [0.3, 0.4) is 0 Å². The number of ether oxygens (including phenoxy) is 2. The Kier molecular flexibility index (Phi) is 62.2. The van der Waals surface area contributed by atoms with Gasteiger partial charge < -0.3 is 27.9 Å². The van der Waals surface area contributed by atoms with Gasteiger partial charge in [-0.3, -0.25) is 14.2 Å². The van der Waals surface area contributed by atoms with Gasteiger partial charge in [-0.15, -0.1) is 0 Å². The van der Waals surface area contributed by atoms with E-state index in [-0.39, 0.29) is 26.1 Å². The number of quaternary nitrogens is 1. The Morgan fingerprint density at radius 1 is 0.360 bits per heavy atom. The lowest BCUT2D eigenvalue weighted by molar-refractivity contribution is -0.870. The van der Waals surface area contributed by atoms with Crippen LogP contribution in [0.5, 0.6) is 0 Å². The fraction of sp³-hybridized carbons (Fsp3) is 0.658. The molecule has 0 aromatic rings. The van der Waals surface area contributed by atoms with Crippen LogP contribution in [0.1, 0.15) is 271 Å². The first-order valence-corrected chi connectivity index (χ1v) is 36.0. The van der Waals surface area contributed by atoms with Gasteiger partial charge in [0, 0.05) is 12.8 Å². The van der Waals surface area contributed by atoms with Crippen molar-refractivity contribution in [2.24, 2.45) is 0 Å². The van der Waals surface area contributed by atoms with Crippen LogP contribution in [0, 0.1) is 0 Å². The third kappa shape index (κ3) is 69.0. The van der Waals surface area contributed by atoms with Crippen LogP contribution in [-0.4, -0.2) is 70.0 Å². The molecule has 0 rings (SSSR count). The highest BCUT2D eigenvalue weighted by Crippen LogP contribution is 2.38. The molecule has 0 bridgehead atoms. The Hall–Kier alpha value is -4.11. The summed E-state index contributed by atoms with van der Waals surface area (Å²) in [4.78, 5) is 38.0. The first-order chi connectivity index (χ1) is 42.0. The van der Waals surface area contributed by atoms with E-state index in [1.165, 1.54) is 103 Å². The summed E-state index contributed by atoms with van der Waals surface area (Å²) in [5, 5.41) is 0. The van der Waals surface area contributed by atoms with E-state index < -0.39 is 32.5 Å². The highest BCUT2D eigenvalue weighted by molar-refractivity contribution is 7.45. The number of likely N-dealkylation sites (N-methyl/N-ethyl adjacent to an activating group) is 1. The maximum absolute atomic E-state index is 12.9. The number of hydrogen-bond donors (Lipinski definition) is 0. The van der Waals surface area contributed by atoms with Gasteiger partial charge in [0.25, 0.3) is 7.82 Å². The summed E-state index contributed by atoms with van der Waals surface area (Å²) < 4.78 is 34.2. The number of carbonyl (C=O) groups excluding carboxylic acids is 2. The minimum absolute atomic E-state index is 0.0396. The summed E-state index contributed by atoms with van der Waals surface area (Å²) in [6, 6.07) is 0. The van der Waals surface area contributed by atoms with E-state index >= 15 is 0 Å². The molecule has 0 spiro atoms. The number of phosphoric ester groups is 1. The van der Waals surface area contributed by atoms with E-state index in [0.717, 1.165) is 128 Å². The van der Waals surface area contributed by atoms with Gasteiger partial charge in [0.15, 0.2) is 6.10 Å². The Balaban J connectivity index is 4.02. The lowest BCUT2D eigenvalue weighted by Crippen LogP contribution is -2.37. The van der Waals surface area contributed by atoms with Gasteiger partial charge in [0.05, 0.1) is 27.7 Å². The zero-order valence-electron chi connectivity index (χ0n) is 55.7. The summed E-state index contributed by atoms with van der Waals surface area (Å²) in [7, 11) is 1.14. The molecule has 0 N–H and O–H groups in total. The highest BCUT2D eigenvalue weighted by Gasteiger charge is 2.22. The number of nitrogens with zero attached hydrogens (tertiary/aromatic N) is 1. The number of unbranched alkanes of at least 4 members (excludes halogenated alkanes) is 24. The molecule has 0 saturated carbocycles. The molecule has 86 heavy (non-hydrogen) atoms. The molecule has 9 nitrogen and oxygen atoms in total. The van der Waals surface area contributed by atoms with Gasteiger partial charge in [-0.25, -0.2) is 0 Å². The van der Waals surface area contributed by atoms with Crippen LogP contribution < -0.4 is 4.89 Å². The largest absolute Gasteiger partial charge is 0.756 e. The number of hydrogen-bond acceptors (Lipinski definition) is 8. The topological polar surface area (TPSA) is 111 Å². The molecule has 0 fully saturated rings. The SMILES string of the molecule is CC/C=C\C/C=C\C/C=C\C/C=C\C/C=C\C/C=C\C/C=C\CCCCCCCCCCCCCCCCCCCCCC(=O)OC(COC(=O)CCCCCCC/C=C\C/C=C\C/C=C\C/C=C\C/C=C\CC)COP(=O)([O-])OCC[N+](C)(C)C. The standard InChI is InChI=1S/C76H128NO8P/c1-6-8-10-12-14-16-18-20-22-24-26-28-29-30-31-32-33-34-35-36-37-38-39-40-41-42-43-44-45-46-47-49-51-53-55-57-59-61-63-65-67-69-76(79)85-74(73-84-86(80,81)83-71-70-77(3,4)5)72-82-75(78)68-66-64-62-60-58-56-54-52-50-48-27-25-23-21-19-17-15-13-11-9-7-2/h8-11,14-17,20-23,26-28,30-31,33-34,36-37,48,52,54,74H,6-7,12-13,18-19,24-25,29,32,35,38-47,49-51,53,55-73H2,1-5H3/b10-8-,11-9-,16-14-,17-15-,22-20-,23-21-,28-26-,31-30-,34-33-,37-36-,48-27-,54-52-. The number of phosphoric acid groups is 1. The van der Waals surface area contributed by atoms with Crippen LogP contribution in [0.4, 0.5) is 0 Å². The van der Waals surface area contributed by atoms with Gasteiger partial charge in [-0.2, -0.15) is 0 Å². The fourth-order valence-electron chi connectivity index (χ4n) is 9.14. The first kappa shape index (κ1) is 81.9. The molecule has 10 heteroatoms. The van der Waals surface area contributed by atoms with Crippen molar-refractivity contribution in [1.29, 1.82) is 0 Å². The molecule has 0 radical (unpaired) electrons. The molecule has 0 saturated heterocycles. The molecule has 0 aliphatic rings. The van der Waals surface area contributed by atoms with Crippen molar-refractivity contribution in [3.63, 3.8) is 0 Å². The fourth-order valence-corrected chi connectivity index (χ4v) is 9.86. The molecule has 2 unspecified atom stereocenters. The predicted octanol–water partition coefficient (Wildman–Crippen LogP) is 22.0. The molecule has 0 aromatic heterocycles. The third-order valence-corrected chi connectivity index (χ3v) is 15.3. The van der Waals surface area contributed by atoms with Gasteiger partial charge in [0.2, 0.25) is 0 Å². The second-order valence-electron chi connectivity index (χ2n) is 23.8. The quantitative estimate of drug-likeness (QED) is 0.0195. The van der Waals surface area contributed by atoms with Crippen molar-refractivity contribution in [2.75, 3.05) is 47.5 Å². The highest BCUT2D eigenvalue weighted by atomic mass is 31.2. The monoisotopic (exact) mass is 1210 g/mol. The van der Waals surface area contributed by atoms with E-state index in [1.54, 1.807) is 0 Å². The summed E-state index contributed by atoms with van der Waals surface area (Å²) in [5.74, 6) is -0.856. The number of allylic oxidation sites excluding steroid dienone is 24. The summed E-state index contributed by atoms with van der Waals surface area (Å²) in [6.07, 6.45) is 96.4. The average molecular weight is 1210 g/mol. The van der Waals surface area contributed by atoms with Crippen molar-refractivity contribution in [3.05, 3.63) is 146 Å². The Labute approximate surface area is 529 Å². The van der Waals surface area contributed by atoms with Crippen LogP contribution in [0.2, 0.25) is 0 Å². The average Bonchev–Trinajstić information content (AvgIpc) is 3.70. The van der Waals surface area contributed by atoms with Crippen molar-refractivity contribution >= 4 is 19.8 Å². The van der Waals surface area contributed by atoms with Crippen LogP contribution >= 0.6 is 7.82 Å². The Morgan fingerprint density at radius 3 is 0.930 bits per heavy atom. The maximum Gasteiger partial charge on any atom is 0.306 e. The molecule has 0 heterocycles. The molecule has 0 aromatic carbocycles. The molecule has 0 amide bonds. The number of esters is 2. The lowest BCUT2D eigenvalue weighted by Gasteiger charge is -2.28. The molecule has 0 aliphatic heterocycles. The summed E-state index contributed by atoms with van der Waals surface area (Å²) in [5.41, 5.74) is 0. The minimum atomic E-state index is -4.65. The molecule has 2 atom stereocenters. The number of rotatable bonds is 62. The second kappa shape index (κ2) is 65.3. The Morgan fingerprint density at radius 2 is 0.628 bits per heavy atom. The molecule has 490 valence electrons. The van der Waals surface area contributed by atoms with Gasteiger partial charge in [-0.1, -0.05) is 288 Å². The van der Waals surface area contributed by atoms with Crippen molar-refractivity contribution in [3.8, 4) is 0 Å². The van der Waals surface area contributed by atoms with Crippen LogP contribution in [0.15, 0.2) is 146 Å². The molecule has 0 aliphatic carbocycles. The minimum Gasteiger partial charge on any atom is -0.756 e. The van der Waals surface area contributed by atoms with Crippen LogP contribution in [0.25, 0.3) is 0 Å². The van der Waals surface area contributed by atoms with Gasteiger partial charge >= 0.3 is 11.9 Å². The van der Waals surface area contributed by atoms with E-state index in [9.17, 15) is 19.0 Å². The van der Waals surface area contributed by atoms with E-state index in [0.29, 0.717) is 23.9 Å². The second-order valence-corrected chi connectivity index (χ2v) is 25.2. The molecular weight excluding hydrogens is 1090 g/mol. The van der Waals surface area contributed by atoms with E-state index in [1.807, 2.05) is 21.1 Å². The van der Waals surface area contributed by atoms with E-state index in [2.05, 4.69) is 160 Å². The zero-order chi connectivity index (χ0) is 62.6. The normalized spacial score (nSPS) is 14.1. The smallest absolute Gasteiger partial charge is 0.306 e. The van der Waals surface area contributed by atoms with E-state index in [4.69, 9.17) is 18.5 Å². The zero-order valence-corrected chi connectivity index (χ0v) is 56.6. The predicted molar refractivity (Wildman–Crippen MR) is 369 cm³/mol. The lowest BCUT2D eigenvalue weighted by atomic mass is 10.0. The number of carbonyl (C=O) groups is 2. The van der Waals surface area contributed by atoms with Gasteiger partial charge in [0.1, 0.15) is 19.8 Å².